The van der Waals surface area contributed by atoms with E-state index in [4.69, 9.17) is 0 Å². The summed E-state index contributed by atoms with van der Waals surface area (Å²) in [6.07, 6.45) is 5.55. The molecule has 0 aromatic rings. The summed E-state index contributed by atoms with van der Waals surface area (Å²) in [5.41, 5.74) is 0. The van der Waals surface area contributed by atoms with Crippen molar-refractivity contribution in [3.63, 3.8) is 0 Å². The molecule has 4 heteroatoms. The molecule has 2 rings (SSSR count). The van der Waals surface area contributed by atoms with Crippen LogP contribution in [0, 0.1) is 5.92 Å². The van der Waals surface area contributed by atoms with Crippen molar-refractivity contribution >= 4 is 0 Å². The summed E-state index contributed by atoms with van der Waals surface area (Å²) in [6, 6.07) is 0.695. The van der Waals surface area contributed by atoms with Crippen molar-refractivity contribution in [3.05, 3.63) is 0 Å². The lowest BCUT2D eigenvalue weighted by Gasteiger charge is -2.36. The van der Waals surface area contributed by atoms with Crippen molar-refractivity contribution in [1.82, 2.24) is 20.0 Å². The van der Waals surface area contributed by atoms with Gasteiger partial charge in [-0.1, -0.05) is 6.92 Å². The summed E-state index contributed by atoms with van der Waals surface area (Å²) in [6.45, 7) is 19.6. The van der Waals surface area contributed by atoms with E-state index < -0.39 is 0 Å². The molecule has 0 spiro atoms. The van der Waals surface area contributed by atoms with Gasteiger partial charge in [0.1, 0.15) is 0 Å². The second kappa shape index (κ2) is 10.7. The molecule has 136 valence electrons. The molecule has 2 heterocycles. The Morgan fingerprint density at radius 2 is 1.70 bits per heavy atom. The predicted octanol–water partition coefficient (Wildman–Crippen LogP) is 2.11. The van der Waals surface area contributed by atoms with Crippen LogP contribution in [0.15, 0.2) is 0 Å². The molecule has 23 heavy (non-hydrogen) atoms. The fraction of sp³-hybridized carbons (Fsp3) is 1.00. The molecule has 2 aliphatic rings. The van der Waals surface area contributed by atoms with Gasteiger partial charge in [-0.05, 0) is 78.2 Å². The highest BCUT2D eigenvalue weighted by Crippen LogP contribution is 2.19. The molecule has 0 saturated carbocycles. The first-order valence-electron chi connectivity index (χ1n) is 10.1. The first-order chi connectivity index (χ1) is 11.2. The average Bonchev–Trinajstić information content (AvgIpc) is 2.57. The first-order valence-corrected chi connectivity index (χ1v) is 10.1. The van der Waals surface area contributed by atoms with E-state index in [1.54, 1.807) is 0 Å². The lowest BCUT2D eigenvalue weighted by molar-refractivity contribution is 0.133. The molecular formula is C19H40N4. The third kappa shape index (κ3) is 7.08. The van der Waals surface area contributed by atoms with Gasteiger partial charge in [-0.25, -0.2) is 0 Å². The van der Waals surface area contributed by atoms with Gasteiger partial charge < -0.3 is 20.0 Å². The lowest BCUT2D eigenvalue weighted by Crippen LogP contribution is -2.47. The molecule has 0 radical (unpaired) electrons. The minimum absolute atomic E-state index is 0.695. The zero-order valence-corrected chi connectivity index (χ0v) is 15.9. The van der Waals surface area contributed by atoms with E-state index in [2.05, 4.69) is 40.8 Å². The van der Waals surface area contributed by atoms with Crippen LogP contribution >= 0.6 is 0 Å². The number of rotatable bonds is 9. The maximum Gasteiger partial charge on any atom is 0.0107 e. The number of piperidine rings is 1. The normalized spacial score (nSPS) is 22.3. The van der Waals surface area contributed by atoms with E-state index in [0.29, 0.717) is 6.04 Å². The molecular weight excluding hydrogens is 284 g/mol. The molecule has 0 unspecified atom stereocenters. The molecule has 0 amide bonds. The first kappa shape index (κ1) is 19.2. The minimum Gasteiger partial charge on any atom is -0.314 e. The molecule has 0 atom stereocenters. The largest absolute Gasteiger partial charge is 0.314 e. The molecule has 2 fully saturated rings. The van der Waals surface area contributed by atoms with Crippen LogP contribution in [0.2, 0.25) is 0 Å². The van der Waals surface area contributed by atoms with E-state index in [1.165, 1.54) is 91.1 Å². The molecule has 2 saturated heterocycles. The van der Waals surface area contributed by atoms with Crippen LogP contribution in [0.4, 0.5) is 0 Å². The maximum atomic E-state index is 3.45. The summed E-state index contributed by atoms with van der Waals surface area (Å²) in [7, 11) is 0. The smallest absolute Gasteiger partial charge is 0.0107 e. The van der Waals surface area contributed by atoms with Crippen molar-refractivity contribution in [3.8, 4) is 0 Å². The molecule has 2 aliphatic heterocycles. The fourth-order valence-corrected chi connectivity index (χ4v) is 4.08. The van der Waals surface area contributed by atoms with Crippen LogP contribution in [0.3, 0.4) is 0 Å². The quantitative estimate of drug-likeness (QED) is 0.656. The highest BCUT2D eigenvalue weighted by molar-refractivity contribution is 4.77. The van der Waals surface area contributed by atoms with Gasteiger partial charge >= 0.3 is 0 Å². The van der Waals surface area contributed by atoms with Crippen LogP contribution in [0.1, 0.15) is 46.5 Å². The van der Waals surface area contributed by atoms with E-state index in [0.717, 1.165) is 5.92 Å². The average molecular weight is 325 g/mol. The van der Waals surface area contributed by atoms with Gasteiger partial charge in [-0.3, -0.25) is 0 Å². The number of hydrogen-bond donors (Lipinski definition) is 1. The van der Waals surface area contributed by atoms with Crippen LogP contribution in [0.5, 0.6) is 0 Å². The Balaban J connectivity index is 1.52. The van der Waals surface area contributed by atoms with E-state index in [1.807, 2.05) is 0 Å². The second-order valence-electron chi connectivity index (χ2n) is 7.77. The van der Waals surface area contributed by atoms with E-state index in [9.17, 15) is 0 Å². The molecule has 0 aromatic carbocycles. The molecule has 0 aromatic heterocycles. The Morgan fingerprint density at radius 3 is 2.30 bits per heavy atom. The summed E-state index contributed by atoms with van der Waals surface area (Å²) >= 11 is 0. The van der Waals surface area contributed by atoms with E-state index in [-0.39, 0.29) is 0 Å². The van der Waals surface area contributed by atoms with Gasteiger partial charge in [0.25, 0.3) is 0 Å². The topological polar surface area (TPSA) is 21.8 Å². The Morgan fingerprint density at radius 1 is 1.00 bits per heavy atom. The number of likely N-dealkylation sites (tertiary alicyclic amines) is 1. The van der Waals surface area contributed by atoms with Crippen molar-refractivity contribution < 1.29 is 0 Å². The highest BCUT2D eigenvalue weighted by Gasteiger charge is 2.21. The van der Waals surface area contributed by atoms with Crippen LogP contribution in [-0.4, -0.2) is 86.2 Å². The summed E-state index contributed by atoms with van der Waals surface area (Å²) in [5, 5.41) is 3.45. The molecule has 4 nitrogen and oxygen atoms in total. The fourth-order valence-electron chi connectivity index (χ4n) is 4.08. The third-order valence-corrected chi connectivity index (χ3v) is 5.74. The van der Waals surface area contributed by atoms with E-state index >= 15 is 0 Å². The standard InChI is InChI=1S/C19H40N4/c1-4-23(18(2)3)12-6-5-11-21-13-7-19(8-14-21)17-22-15-9-20-10-16-22/h18-20H,4-17H2,1-3H3. The number of piperazine rings is 1. The Kier molecular flexibility index (Phi) is 8.88. The van der Waals surface area contributed by atoms with Crippen LogP contribution in [0.25, 0.3) is 0 Å². The zero-order valence-electron chi connectivity index (χ0n) is 15.9. The predicted molar refractivity (Wildman–Crippen MR) is 100 cm³/mol. The Hall–Kier alpha value is -0.160. The Labute approximate surface area is 144 Å². The number of unbranched alkanes of at least 4 members (excludes halogenated alkanes) is 1. The number of hydrogen-bond acceptors (Lipinski definition) is 4. The van der Waals surface area contributed by atoms with Crippen LogP contribution < -0.4 is 5.32 Å². The second-order valence-corrected chi connectivity index (χ2v) is 7.77. The SMILES string of the molecule is CCN(CCCCN1CCC(CN2CCNCC2)CC1)C(C)C. The van der Waals surface area contributed by atoms with Crippen molar-refractivity contribution in [2.45, 2.75) is 52.5 Å². The zero-order chi connectivity index (χ0) is 16.5. The van der Waals surface area contributed by atoms with Gasteiger partial charge in [0.05, 0.1) is 0 Å². The third-order valence-electron chi connectivity index (χ3n) is 5.74. The van der Waals surface area contributed by atoms with Gasteiger partial charge in [-0.15, -0.1) is 0 Å². The molecule has 0 aliphatic carbocycles. The summed E-state index contributed by atoms with van der Waals surface area (Å²) < 4.78 is 0. The van der Waals surface area contributed by atoms with Crippen LogP contribution in [-0.2, 0) is 0 Å². The minimum atomic E-state index is 0.695. The molecule has 1 N–H and O–H groups in total. The van der Waals surface area contributed by atoms with Gasteiger partial charge in [0, 0.05) is 38.8 Å². The number of nitrogens with one attached hydrogen (secondary N) is 1. The summed E-state index contributed by atoms with van der Waals surface area (Å²) in [4.78, 5) is 7.96. The monoisotopic (exact) mass is 324 g/mol. The van der Waals surface area contributed by atoms with Gasteiger partial charge in [-0.2, -0.15) is 0 Å². The summed E-state index contributed by atoms with van der Waals surface area (Å²) in [5.74, 6) is 0.945. The van der Waals surface area contributed by atoms with Gasteiger partial charge in [0.15, 0.2) is 0 Å². The maximum absolute atomic E-state index is 3.45. The Bertz CT molecular complexity index is 294. The molecule has 0 bridgehead atoms. The van der Waals surface area contributed by atoms with Gasteiger partial charge in [0.2, 0.25) is 0 Å². The van der Waals surface area contributed by atoms with Crippen molar-refractivity contribution in [2.24, 2.45) is 5.92 Å². The van der Waals surface area contributed by atoms with Crippen molar-refractivity contribution in [1.29, 1.82) is 0 Å². The highest BCUT2D eigenvalue weighted by atomic mass is 15.2. The van der Waals surface area contributed by atoms with Crippen molar-refractivity contribution in [2.75, 3.05) is 65.4 Å². The lowest BCUT2D eigenvalue weighted by atomic mass is 9.95. The number of nitrogens with zero attached hydrogens (tertiary/aromatic N) is 3.